The zero-order valence-electron chi connectivity index (χ0n) is 20.5. The standard InChI is InChI=1S/C27H40F3NO3/c1-2-3-4-5-6-7-8-9-10-11-14-21-34-26(33)22-17-19-31(20-18-22)25(32)23-15-12-13-16-24(23)27(28,29)30/h12-13,15-16,22H,2-11,14,17-21H2,1H3. The lowest BCUT2D eigenvalue weighted by Gasteiger charge is -2.31. The number of ether oxygens (including phenoxy) is 1. The van der Waals surface area contributed by atoms with E-state index in [0.29, 0.717) is 19.4 Å². The zero-order valence-corrected chi connectivity index (χ0v) is 20.5. The monoisotopic (exact) mass is 483 g/mol. The third-order valence-corrected chi connectivity index (χ3v) is 6.57. The van der Waals surface area contributed by atoms with Crippen LogP contribution in [0, 0.1) is 5.92 Å². The van der Waals surface area contributed by atoms with Crippen LogP contribution in [0.5, 0.6) is 0 Å². The number of esters is 1. The van der Waals surface area contributed by atoms with Crippen LogP contribution in [-0.2, 0) is 15.7 Å². The topological polar surface area (TPSA) is 46.6 Å². The number of likely N-dealkylation sites (tertiary alicyclic amines) is 1. The first-order chi connectivity index (χ1) is 16.3. The molecule has 1 heterocycles. The predicted octanol–water partition coefficient (Wildman–Crippen LogP) is 7.41. The van der Waals surface area contributed by atoms with Gasteiger partial charge in [-0.1, -0.05) is 83.3 Å². The fourth-order valence-corrected chi connectivity index (χ4v) is 4.46. The van der Waals surface area contributed by atoms with Gasteiger partial charge in [0.1, 0.15) is 0 Å². The molecule has 0 spiro atoms. The first-order valence-corrected chi connectivity index (χ1v) is 13.0. The van der Waals surface area contributed by atoms with E-state index >= 15 is 0 Å². The summed E-state index contributed by atoms with van der Waals surface area (Å²) in [6.45, 7) is 3.15. The van der Waals surface area contributed by atoms with Gasteiger partial charge in [0, 0.05) is 13.1 Å². The summed E-state index contributed by atoms with van der Waals surface area (Å²) in [5.41, 5.74) is -1.26. The number of piperidine rings is 1. The van der Waals surface area contributed by atoms with Crippen LogP contribution in [0.15, 0.2) is 24.3 Å². The number of hydrogen-bond acceptors (Lipinski definition) is 3. The van der Waals surface area contributed by atoms with Gasteiger partial charge in [-0.3, -0.25) is 9.59 Å². The van der Waals surface area contributed by atoms with Gasteiger partial charge in [0.05, 0.1) is 23.7 Å². The number of alkyl halides is 3. The molecule has 0 atom stereocenters. The highest BCUT2D eigenvalue weighted by Crippen LogP contribution is 2.33. The van der Waals surface area contributed by atoms with E-state index in [1.807, 2.05) is 0 Å². The Labute approximate surface area is 202 Å². The molecule has 0 aromatic heterocycles. The van der Waals surface area contributed by atoms with Crippen molar-refractivity contribution in [3.8, 4) is 0 Å². The number of amides is 1. The Hall–Kier alpha value is -2.05. The van der Waals surface area contributed by atoms with E-state index in [2.05, 4.69) is 6.92 Å². The van der Waals surface area contributed by atoms with Gasteiger partial charge < -0.3 is 9.64 Å². The first-order valence-electron chi connectivity index (χ1n) is 13.0. The van der Waals surface area contributed by atoms with E-state index < -0.39 is 17.6 Å². The second kappa shape index (κ2) is 15.0. The minimum Gasteiger partial charge on any atom is -0.465 e. The Kier molecular flexibility index (Phi) is 12.5. The van der Waals surface area contributed by atoms with Gasteiger partial charge in [-0.15, -0.1) is 0 Å². The van der Waals surface area contributed by atoms with Crippen LogP contribution in [0.1, 0.15) is 106 Å². The van der Waals surface area contributed by atoms with Crippen LogP contribution in [0.4, 0.5) is 13.2 Å². The quantitative estimate of drug-likeness (QED) is 0.204. The molecule has 1 amide bonds. The molecular weight excluding hydrogens is 443 g/mol. The number of unbranched alkanes of at least 4 members (excludes halogenated alkanes) is 10. The SMILES string of the molecule is CCCCCCCCCCCCCOC(=O)C1CCN(C(=O)c2ccccc2C(F)(F)F)CC1. The van der Waals surface area contributed by atoms with Gasteiger partial charge >= 0.3 is 12.1 Å². The normalized spacial score (nSPS) is 14.9. The summed E-state index contributed by atoms with van der Waals surface area (Å²) in [5, 5.41) is 0. The van der Waals surface area contributed by atoms with Crippen LogP contribution in [-0.4, -0.2) is 36.5 Å². The van der Waals surface area contributed by atoms with E-state index in [0.717, 1.165) is 25.3 Å². The average Bonchev–Trinajstić information content (AvgIpc) is 2.83. The molecule has 1 aliphatic rings. The van der Waals surface area contributed by atoms with E-state index in [-0.39, 0.29) is 30.5 Å². The molecule has 1 saturated heterocycles. The number of rotatable bonds is 14. The minimum absolute atomic E-state index is 0.253. The first kappa shape index (κ1) is 28.2. The van der Waals surface area contributed by atoms with Gasteiger partial charge in [-0.05, 0) is 31.4 Å². The average molecular weight is 484 g/mol. The molecule has 1 aromatic rings. The van der Waals surface area contributed by atoms with Crippen molar-refractivity contribution in [1.82, 2.24) is 4.90 Å². The van der Waals surface area contributed by atoms with Crippen molar-refractivity contribution in [1.29, 1.82) is 0 Å². The Bertz CT molecular complexity index is 743. The van der Waals surface area contributed by atoms with E-state index in [4.69, 9.17) is 4.74 Å². The number of hydrogen-bond donors (Lipinski definition) is 0. The lowest BCUT2D eigenvalue weighted by Crippen LogP contribution is -2.41. The molecule has 0 N–H and O–H groups in total. The van der Waals surface area contributed by atoms with Crippen LogP contribution in [0.3, 0.4) is 0 Å². The maximum atomic E-state index is 13.2. The lowest BCUT2D eigenvalue weighted by molar-refractivity contribution is -0.150. The molecule has 4 nitrogen and oxygen atoms in total. The van der Waals surface area contributed by atoms with E-state index in [9.17, 15) is 22.8 Å². The Morgan fingerprint density at radius 3 is 1.97 bits per heavy atom. The molecule has 0 unspecified atom stereocenters. The summed E-state index contributed by atoms with van der Waals surface area (Å²) in [7, 11) is 0. The fraction of sp³-hybridized carbons (Fsp3) is 0.704. The molecule has 2 rings (SSSR count). The number of nitrogens with zero attached hydrogens (tertiary/aromatic N) is 1. The highest BCUT2D eigenvalue weighted by molar-refractivity contribution is 5.96. The largest absolute Gasteiger partial charge is 0.465 e. The summed E-state index contributed by atoms with van der Waals surface area (Å²) in [5.74, 6) is -1.19. The summed E-state index contributed by atoms with van der Waals surface area (Å²) >= 11 is 0. The molecule has 7 heteroatoms. The van der Waals surface area contributed by atoms with E-state index in [1.165, 1.54) is 74.5 Å². The van der Waals surface area contributed by atoms with Gasteiger partial charge in [0.25, 0.3) is 5.91 Å². The van der Waals surface area contributed by atoms with Crippen molar-refractivity contribution in [3.05, 3.63) is 35.4 Å². The predicted molar refractivity (Wildman–Crippen MR) is 127 cm³/mol. The van der Waals surface area contributed by atoms with Crippen molar-refractivity contribution in [2.75, 3.05) is 19.7 Å². The van der Waals surface area contributed by atoms with Crippen LogP contribution in [0.2, 0.25) is 0 Å². The van der Waals surface area contributed by atoms with Gasteiger partial charge in [0.2, 0.25) is 0 Å². The van der Waals surface area contributed by atoms with Crippen molar-refractivity contribution >= 4 is 11.9 Å². The third kappa shape index (κ3) is 9.67. The summed E-state index contributed by atoms with van der Waals surface area (Å²) in [6, 6.07) is 4.84. The van der Waals surface area contributed by atoms with Gasteiger partial charge in [-0.2, -0.15) is 13.2 Å². The van der Waals surface area contributed by atoms with Crippen molar-refractivity contribution in [2.45, 2.75) is 96.6 Å². The molecule has 0 aliphatic carbocycles. The summed E-state index contributed by atoms with van der Waals surface area (Å²) < 4.78 is 45.1. The van der Waals surface area contributed by atoms with Crippen LogP contribution >= 0.6 is 0 Å². The minimum atomic E-state index is -4.58. The summed E-state index contributed by atoms with van der Waals surface area (Å²) in [6.07, 6.45) is 9.77. The van der Waals surface area contributed by atoms with Crippen molar-refractivity contribution in [3.63, 3.8) is 0 Å². The van der Waals surface area contributed by atoms with Gasteiger partial charge in [0.15, 0.2) is 0 Å². The third-order valence-electron chi connectivity index (χ3n) is 6.57. The maximum absolute atomic E-state index is 13.2. The molecule has 0 saturated carbocycles. The Balaban J connectivity index is 1.59. The summed E-state index contributed by atoms with van der Waals surface area (Å²) in [4.78, 5) is 26.4. The fourth-order valence-electron chi connectivity index (χ4n) is 4.46. The second-order valence-corrected chi connectivity index (χ2v) is 9.31. The smallest absolute Gasteiger partial charge is 0.417 e. The molecular formula is C27H40F3NO3. The molecule has 1 aliphatic heterocycles. The molecule has 192 valence electrons. The van der Waals surface area contributed by atoms with Crippen LogP contribution < -0.4 is 0 Å². The molecule has 1 aromatic carbocycles. The lowest BCUT2D eigenvalue weighted by atomic mass is 9.96. The number of benzene rings is 1. The number of carbonyl (C=O) groups is 2. The molecule has 1 fully saturated rings. The number of halogens is 3. The molecule has 0 bridgehead atoms. The van der Waals surface area contributed by atoms with Crippen LogP contribution in [0.25, 0.3) is 0 Å². The Morgan fingerprint density at radius 1 is 0.882 bits per heavy atom. The van der Waals surface area contributed by atoms with Crippen molar-refractivity contribution < 1.29 is 27.5 Å². The molecule has 0 radical (unpaired) electrons. The Morgan fingerprint density at radius 2 is 1.41 bits per heavy atom. The highest BCUT2D eigenvalue weighted by atomic mass is 19.4. The van der Waals surface area contributed by atoms with Crippen molar-refractivity contribution in [2.24, 2.45) is 5.92 Å². The van der Waals surface area contributed by atoms with Gasteiger partial charge in [-0.25, -0.2) is 0 Å². The van der Waals surface area contributed by atoms with E-state index in [1.54, 1.807) is 0 Å². The number of carbonyl (C=O) groups excluding carboxylic acids is 2. The second-order valence-electron chi connectivity index (χ2n) is 9.31. The zero-order chi connectivity index (χ0) is 24.8. The highest BCUT2D eigenvalue weighted by Gasteiger charge is 2.37. The molecule has 34 heavy (non-hydrogen) atoms. The maximum Gasteiger partial charge on any atom is 0.417 e.